The smallest absolute Gasteiger partial charge is 0.207 e. The number of phenols is 2. The molecule has 0 bridgehead atoms. The van der Waals surface area contributed by atoms with Crippen LogP contribution in [0, 0.1) is 20.8 Å². The zero-order chi connectivity index (χ0) is 15.1. The molecule has 20 heavy (non-hydrogen) atoms. The van der Waals surface area contributed by atoms with Gasteiger partial charge in [0.1, 0.15) is 11.5 Å². The van der Waals surface area contributed by atoms with E-state index in [0.29, 0.717) is 16.7 Å². The van der Waals surface area contributed by atoms with Crippen LogP contribution in [0.2, 0.25) is 0 Å². The number of hydrogen-bond acceptors (Lipinski definition) is 4. The summed E-state index contributed by atoms with van der Waals surface area (Å²) in [6, 6.07) is 6.89. The van der Waals surface area contributed by atoms with Crippen LogP contribution in [0.5, 0.6) is 11.5 Å². The van der Waals surface area contributed by atoms with Crippen LogP contribution in [-0.2, 0) is 9.84 Å². The Morgan fingerprint density at radius 1 is 0.800 bits per heavy atom. The van der Waals surface area contributed by atoms with Crippen LogP contribution < -0.4 is 0 Å². The van der Waals surface area contributed by atoms with Crippen LogP contribution in [0.3, 0.4) is 0 Å². The average Bonchev–Trinajstić information content (AvgIpc) is 2.33. The molecule has 2 aromatic carbocycles. The van der Waals surface area contributed by atoms with Gasteiger partial charge in [0.05, 0.1) is 9.79 Å². The van der Waals surface area contributed by atoms with Gasteiger partial charge in [-0.2, -0.15) is 0 Å². The number of aryl methyl sites for hydroxylation is 2. The number of sulfone groups is 1. The number of benzene rings is 2. The van der Waals surface area contributed by atoms with Crippen LogP contribution in [0.1, 0.15) is 16.7 Å². The fourth-order valence-electron chi connectivity index (χ4n) is 2.14. The quantitative estimate of drug-likeness (QED) is 0.892. The lowest BCUT2D eigenvalue weighted by Gasteiger charge is -2.12. The highest BCUT2D eigenvalue weighted by Gasteiger charge is 2.23. The number of hydrogen-bond donors (Lipinski definition) is 2. The maximum absolute atomic E-state index is 12.7. The summed E-state index contributed by atoms with van der Waals surface area (Å²) < 4.78 is 25.4. The Hall–Kier alpha value is -2.01. The van der Waals surface area contributed by atoms with Crippen molar-refractivity contribution in [1.29, 1.82) is 0 Å². The first-order valence-corrected chi connectivity index (χ1v) is 7.56. The molecule has 0 amide bonds. The highest BCUT2D eigenvalue weighted by atomic mass is 32.2. The second kappa shape index (κ2) is 4.83. The predicted octanol–water partition coefficient (Wildman–Crippen LogP) is 2.86. The van der Waals surface area contributed by atoms with Crippen molar-refractivity contribution in [3.63, 3.8) is 0 Å². The van der Waals surface area contributed by atoms with Crippen molar-refractivity contribution in [2.75, 3.05) is 0 Å². The second-order valence-corrected chi connectivity index (χ2v) is 6.73. The number of rotatable bonds is 2. The van der Waals surface area contributed by atoms with Crippen molar-refractivity contribution in [2.24, 2.45) is 0 Å². The maximum atomic E-state index is 12.7. The molecule has 106 valence electrons. The summed E-state index contributed by atoms with van der Waals surface area (Å²) in [5.74, 6) is -0.0617. The van der Waals surface area contributed by atoms with Crippen molar-refractivity contribution in [3.05, 3.63) is 47.0 Å². The van der Waals surface area contributed by atoms with Gasteiger partial charge in [-0.25, -0.2) is 8.42 Å². The first-order chi connectivity index (χ1) is 9.23. The van der Waals surface area contributed by atoms with E-state index in [0.717, 1.165) is 0 Å². The molecule has 0 aliphatic carbocycles. The van der Waals surface area contributed by atoms with Crippen LogP contribution >= 0.6 is 0 Å². The van der Waals surface area contributed by atoms with E-state index in [4.69, 9.17) is 0 Å². The lowest BCUT2D eigenvalue weighted by molar-refractivity contribution is 0.471. The molecule has 0 fully saturated rings. The van der Waals surface area contributed by atoms with Gasteiger partial charge in [0.2, 0.25) is 9.84 Å². The summed E-state index contributed by atoms with van der Waals surface area (Å²) in [4.78, 5) is 0.215. The molecule has 0 atom stereocenters. The average molecular weight is 292 g/mol. The Morgan fingerprint density at radius 2 is 1.40 bits per heavy atom. The Bertz CT molecular complexity index is 777. The Labute approximate surface area is 118 Å². The van der Waals surface area contributed by atoms with Crippen molar-refractivity contribution in [3.8, 4) is 11.5 Å². The summed E-state index contributed by atoms with van der Waals surface area (Å²) in [6.45, 7) is 5.08. The van der Waals surface area contributed by atoms with Crippen molar-refractivity contribution < 1.29 is 18.6 Å². The summed E-state index contributed by atoms with van der Waals surface area (Å²) in [7, 11) is -3.73. The Morgan fingerprint density at radius 3 is 2.00 bits per heavy atom. The lowest BCUT2D eigenvalue weighted by Crippen LogP contribution is -2.07. The molecule has 4 nitrogen and oxygen atoms in total. The van der Waals surface area contributed by atoms with Gasteiger partial charge in [0.25, 0.3) is 0 Å². The van der Waals surface area contributed by atoms with Gasteiger partial charge in [0.15, 0.2) is 0 Å². The van der Waals surface area contributed by atoms with E-state index < -0.39 is 9.84 Å². The minimum Gasteiger partial charge on any atom is -0.508 e. The van der Waals surface area contributed by atoms with E-state index in [1.54, 1.807) is 20.8 Å². The number of phenolic OH excluding ortho intramolecular Hbond substituents is 2. The van der Waals surface area contributed by atoms with Gasteiger partial charge >= 0.3 is 0 Å². The summed E-state index contributed by atoms with van der Waals surface area (Å²) >= 11 is 0. The van der Waals surface area contributed by atoms with Crippen molar-refractivity contribution in [2.45, 2.75) is 30.6 Å². The Balaban J connectivity index is 2.73. The fraction of sp³-hybridized carbons (Fsp3) is 0.200. The molecular weight excluding hydrogens is 276 g/mol. The molecule has 0 radical (unpaired) electrons. The summed E-state index contributed by atoms with van der Waals surface area (Å²) in [5.41, 5.74) is 1.78. The molecule has 5 heteroatoms. The van der Waals surface area contributed by atoms with Crippen LogP contribution in [0.25, 0.3) is 0 Å². The molecule has 0 spiro atoms. The summed E-state index contributed by atoms with van der Waals surface area (Å²) in [5, 5.41) is 19.0. The van der Waals surface area contributed by atoms with Gasteiger partial charge in [-0.05, 0) is 67.8 Å². The predicted molar refractivity (Wildman–Crippen MR) is 75.9 cm³/mol. The zero-order valence-corrected chi connectivity index (χ0v) is 12.3. The first kappa shape index (κ1) is 14.4. The third-order valence-corrected chi connectivity index (χ3v) is 5.38. The van der Waals surface area contributed by atoms with E-state index in [1.807, 2.05) is 0 Å². The highest BCUT2D eigenvalue weighted by Crippen LogP contribution is 2.31. The highest BCUT2D eigenvalue weighted by molar-refractivity contribution is 7.91. The monoisotopic (exact) mass is 292 g/mol. The maximum Gasteiger partial charge on any atom is 0.207 e. The van der Waals surface area contributed by atoms with Gasteiger partial charge in [0, 0.05) is 0 Å². The van der Waals surface area contributed by atoms with Gasteiger partial charge in [-0.1, -0.05) is 0 Å². The minimum atomic E-state index is -3.73. The normalized spacial score (nSPS) is 11.6. The third kappa shape index (κ3) is 2.36. The first-order valence-electron chi connectivity index (χ1n) is 6.08. The van der Waals surface area contributed by atoms with E-state index in [1.165, 1.54) is 30.3 Å². The fourth-order valence-corrected chi connectivity index (χ4v) is 3.95. The van der Waals surface area contributed by atoms with Crippen LogP contribution in [0.15, 0.2) is 40.1 Å². The van der Waals surface area contributed by atoms with E-state index in [-0.39, 0.29) is 21.3 Å². The molecule has 0 saturated carbocycles. The van der Waals surface area contributed by atoms with Gasteiger partial charge < -0.3 is 10.2 Å². The minimum absolute atomic E-state index is 0.0188. The van der Waals surface area contributed by atoms with Crippen LogP contribution in [-0.4, -0.2) is 18.6 Å². The molecule has 0 aromatic heterocycles. The molecule has 0 aliphatic rings. The zero-order valence-electron chi connectivity index (χ0n) is 11.5. The lowest BCUT2D eigenvalue weighted by atomic mass is 10.1. The largest absolute Gasteiger partial charge is 0.508 e. The second-order valence-electron chi connectivity index (χ2n) is 4.84. The molecule has 2 rings (SSSR count). The third-order valence-electron chi connectivity index (χ3n) is 3.34. The van der Waals surface area contributed by atoms with E-state index in [2.05, 4.69) is 0 Å². The molecule has 0 saturated heterocycles. The summed E-state index contributed by atoms with van der Waals surface area (Å²) in [6.07, 6.45) is 0. The van der Waals surface area contributed by atoms with Crippen molar-refractivity contribution >= 4 is 9.84 Å². The van der Waals surface area contributed by atoms with Crippen LogP contribution in [0.4, 0.5) is 0 Å². The van der Waals surface area contributed by atoms with E-state index in [9.17, 15) is 18.6 Å². The standard InChI is InChI=1S/C15H16O4S/c1-9-6-13(17)8-15(11(9)3)20(18,19)14-5-4-12(16)7-10(14)2/h4-8,16-17H,1-3H3. The van der Waals surface area contributed by atoms with Gasteiger partial charge in [-0.3, -0.25) is 0 Å². The molecule has 2 aromatic rings. The number of aromatic hydroxyl groups is 2. The molecule has 2 N–H and O–H groups in total. The molecule has 0 aliphatic heterocycles. The topological polar surface area (TPSA) is 74.6 Å². The van der Waals surface area contributed by atoms with Gasteiger partial charge in [-0.15, -0.1) is 0 Å². The Kier molecular flexibility index (Phi) is 3.48. The SMILES string of the molecule is Cc1cc(O)ccc1S(=O)(=O)c1cc(O)cc(C)c1C. The van der Waals surface area contributed by atoms with E-state index >= 15 is 0 Å². The van der Waals surface area contributed by atoms with Crippen molar-refractivity contribution in [1.82, 2.24) is 0 Å². The molecule has 0 heterocycles. The molecular formula is C15H16O4S. The molecule has 0 unspecified atom stereocenters.